The zero-order valence-electron chi connectivity index (χ0n) is 28.5. The largest absolute Gasteiger partial charge is 0.381 e. The van der Waals surface area contributed by atoms with E-state index in [1.807, 2.05) is 59.5 Å². The van der Waals surface area contributed by atoms with Crippen LogP contribution in [0, 0.1) is 5.41 Å². The molecule has 8 rings (SSSR count). The van der Waals surface area contributed by atoms with Gasteiger partial charge >= 0.3 is 0 Å². The van der Waals surface area contributed by atoms with Gasteiger partial charge in [-0.1, -0.05) is 43.3 Å². The molecule has 9 nitrogen and oxygen atoms in total. The highest BCUT2D eigenvalue weighted by Gasteiger charge is 2.45. The van der Waals surface area contributed by atoms with Gasteiger partial charge in [-0.3, -0.25) is 14.4 Å². The summed E-state index contributed by atoms with van der Waals surface area (Å²) in [5.74, 6) is 0.205. The Morgan fingerprint density at radius 2 is 1.65 bits per heavy atom. The van der Waals surface area contributed by atoms with Gasteiger partial charge in [-0.2, -0.15) is 0 Å². The Morgan fingerprint density at radius 3 is 2.45 bits per heavy atom. The van der Waals surface area contributed by atoms with Crippen molar-refractivity contribution in [3.05, 3.63) is 124 Å². The monoisotopic (exact) mass is 697 g/mol. The van der Waals surface area contributed by atoms with Gasteiger partial charge < -0.3 is 25.2 Å². The molecule has 2 N–H and O–H groups in total. The highest BCUT2D eigenvalue weighted by molar-refractivity contribution is 7.17. The van der Waals surface area contributed by atoms with E-state index < -0.39 is 0 Å². The van der Waals surface area contributed by atoms with Crippen molar-refractivity contribution in [1.82, 2.24) is 4.98 Å². The van der Waals surface area contributed by atoms with Crippen LogP contribution in [0.3, 0.4) is 0 Å². The first-order chi connectivity index (χ1) is 24.9. The molecule has 2 fully saturated rings. The Hall–Kier alpha value is -5.32. The van der Waals surface area contributed by atoms with Crippen LogP contribution < -0.4 is 20.4 Å². The number of hydrogen-bond donors (Lipinski definition) is 2. The average molecular weight is 698 g/mol. The first-order valence-corrected chi connectivity index (χ1v) is 18.4. The number of para-hydroxylation sites is 2. The van der Waals surface area contributed by atoms with E-state index in [-0.39, 0.29) is 23.1 Å². The van der Waals surface area contributed by atoms with Crippen molar-refractivity contribution in [3.63, 3.8) is 0 Å². The summed E-state index contributed by atoms with van der Waals surface area (Å²) in [7, 11) is 0. The minimum atomic E-state index is -0.236. The van der Waals surface area contributed by atoms with Gasteiger partial charge in [0.1, 0.15) is 5.82 Å². The second kappa shape index (κ2) is 13.8. The molecule has 2 aromatic heterocycles. The number of aryl methyl sites for hydroxylation is 1. The lowest BCUT2D eigenvalue weighted by atomic mass is 9.73. The SMILES string of the molecule is CCc1ccccc1NC(=O)c1cc2c(s1)-c1ccccc1N(C(=O)c1ccc(NC(=O)c3cccnc3N3CC4(CCOCC4)C3)cc1)CC2. The third-order valence-corrected chi connectivity index (χ3v) is 11.5. The second-order valence-corrected chi connectivity index (χ2v) is 14.6. The van der Waals surface area contributed by atoms with Crippen molar-refractivity contribution in [3.8, 4) is 10.4 Å². The smallest absolute Gasteiger partial charge is 0.265 e. The predicted octanol–water partition coefficient (Wildman–Crippen LogP) is 7.70. The van der Waals surface area contributed by atoms with E-state index >= 15 is 0 Å². The molecule has 0 radical (unpaired) electrons. The topological polar surface area (TPSA) is 104 Å². The number of nitrogens with one attached hydrogen (secondary N) is 2. The summed E-state index contributed by atoms with van der Waals surface area (Å²) in [5.41, 5.74) is 6.60. The van der Waals surface area contributed by atoms with Crippen molar-refractivity contribution in [2.75, 3.05) is 53.3 Å². The Bertz CT molecular complexity index is 2110. The van der Waals surface area contributed by atoms with Crippen LogP contribution in [-0.4, -0.2) is 55.6 Å². The van der Waals surface area contributed by atoms with Crippen LogP contribution in [0.1, 0.15) is 61.3 Å². The van der Waals surface area contributed by atoms with E-state index in [1.54, 1.807) is 42.6 Å². The molecule has 2 saturated heterocycles. The fourth-order valence-electron chi connectivity index (χ4n) is 7.46. The first-order valence-electron chi connectivity index (χ1n) is 17.5. The Morgan fingerprint density at radius 1 is 0.882 bits per heavy atom. The van der Waals surface area contributed by atoms with Crippen LogP contribution in [0.5, 0.6) is 0 Å². The van der Waals surface area contributed by atoms with Gasteiger partial charge in [0.05, 0.1) is 16.1 Å². The molecule has 0 aliphatic carbocycles. The molecular weight excluding hydrogens is 659 g/mol. The molecule has 3 aliphatic rings. The fourth-order valence-corrected chi connectivity index (χ4v) is 8.60. The van der Waals surface area contributed by atoms with E-state index in [2.05, 4.69) is 27.4 Å². The van der Waals surface area contributed by atoms with Crippen molar-refractivity contribution < 1.29 is 19.1 Å². The van der Waals surface area contributed by atoms with Crippen molar-refractivity contribution in [1.29, 1.82) is 0 Å². The van der Waals surface area contributed by atoms with E-state index in [4.69, 9.17) is 4.74 Å². The first kappa shape index (κ1) is 32.9. The molecule has 51 heavy (non-hydrogen) atoms. The molecule has 3 amide bonds. The number of fused-ring (bicyclic) bond motifs is 3. The minimum Gasteiger partial charge on any atom is -0.381 e. The van der Waals surface area contributed by atoms with Gasteiger partial charge in [-0.05, 0) is 91.4 Å². The van der Waals surface area contributed by atoms with Gasteiger partial charge in [0.25, 0.3) is 17.7 Å². The van der Waals surface area contributed by atoms with Crippen molar-refractivity contribution in [2.24, 2.45) is 5.41 Å². The highest BCUT2D eigenvalue weighted by atomic mass is 32.1. The normalized spacial score (nSPS) is 16.0. The summed E-state index contributed by atoms with van der Waals surface area (Å²) in [6, 6.07) is 28.3. The number of pyridine rings is 1. The summed E-state index contributed by atoms with van der Waals surface area (Å²) < 4.78 is 5.56. The Kier molecular flexibility index (Phi) is 8.87. The molecule has 1 spiro atoms. The summed E-state index contributed by atoms with van der Waals surface area (Å²) in [6.45, 7) is 5.87. The highest BCUT2D eigenvalue weighted by Crippen LogP contribution is 2.43. The molecule has 3 aromatic carbocycles. The quantitative estimate of drug-likeness (QED) is 0.181. The maximum absolute atomic E-state index is 14.0. The molecule has 3 aliphatic heterocycles. The lowest BCUT2D eigenvalue weighted by molar-refractivity contribution is -0.000510. The Balaban J connectivity index is 0.965. The van der Waals surface area contributed by atoms with Gasteiger partial charge in [0.15, 0.2) is 0 Å². The lowest BCUT2D eigenvalue weighted by Gasteiger charge is -2.53. The lowest BCUT2D eigenvalue weighted by Crippen LogP contribution is -2.59. The van der Waals surface area contributed by atoms with E-state index in [0.717, 1.165) is 78.5 Å². The maximum Gasteiger partial charge on any atom is 0.265 e. The van der Waals surface area contributed by atoms with E-state index in [9.17, 15) is 14.4 Å². The second-order valence-electron chi connectivity index (χ2n) is 13.5. The number of amides is 3. The van der Waals surface area contributed by atoms with Gasteiger partial charge in [0.2, 0.25) is 0 Å². The molecule has 5 aromatic rings. The molecule has 258 valence electrons. The number of hydrogen-bond acceptors (Lipinski definition) is 7. The summed E-state index contributed by atoms with van der Waals surface area (Å²) >= 11 is 1.46. The van der Waals surface area contributed by atoms with Gasteiger partial charge in [-0.15, -0.1) is 11.3 Å². The van der Waals surface area contributed by atoms with Gasteiger partial charge in [0, 0.05) is 71.8 Å². The zero-order valence-corrected chi connectivity index (χ0v) is 29.3. The molecule has 0 saturated carbocycles. The van der Waals surface area contributed by atoms with Crippen LogP contribution in [0.4, 0.5) is 22.9 Å². The van der Waals surface area contributed by atoms with Crippen LogP contribution in [-0.2, 0) is 17.6 Å². The van der Waals surface area contributed by atoms with Crippen LogP contribution in [0.2, 0.25) is 0 Å². The number of ether oxygens (including phenoxy) is 1. The molecule has 10 heteroatoms. The summed E-state index contributed by atoms with van der Waals surface area (Å²) in [5, 5.41) is 6.10. The molecule has 0 atom stereocenters. The number of nitrogens with zero attached hydrogens (tertiary/aromatic N) is 3. The number of thiophene rings is 1. The third kappa shape index (κ3) is 6.41. The third-order valence-electron chi connectivity index (χ3n) is 10.3. The van der Waals surface area contributed by atoms with Crippen LogP contribution >= 0.6 is 11.3 Å². The number of rotatable bonds is 7. The molecule has 0 bridgehead atoms. The zero-order chi connectivity index (χ0) is 35.0. The molecule has 0 unspecified atom stereocenters. The van der Waals surface area contributed by atoms with E-state index in [0.29, 0.717) is 40.5 Å². The van der Waals surface area contributed by atoms with E-state index in [1.165, 1.54) is 11.3 Å². The fraction of sp³-hybridized carbons (Fsp3) is 0.268. The van der Waals surface area contributed by atoms with Crippen molar-refractivity contribution in [2.45, 2.75) is 32.6 Å². The number of aromatic nitrogens is 1. The summed E-state index contributed by atoms with van der Waals surface area (Å²) in [4.78, 5) is 51.0. The van der Waals surface area contributed by atoms with Crippen LogP contribution in [0.25, 0.3) is 10.4 Å². The standard InChI is InChI=1S/C41H39N5O4S/c1-2-27-8-3-5-11-33(27)44-39(48)35-24-29-17-21-46(34-12-6-4-9-31(34)36(29)51-35)40(49)28-13-15-30(16-14-28)43-38(47)32-10-7-20-42-37(32)45-25-41(26-45)18-22-50-23-19-41/h3-16,20,24H,2,17-19,21-23,25-26H2,1H3,(H,43,47)(H,44,48). The Labute approximate surface area is 301 Å². The van der Waals surface area contributed by atoms with Crippen molar-refractivity contribution >= 4 is 51.9 Å². The number of carbonyl (C=O) groups is 3. The predicted molar refractivity (Wildman–Crippen MR) is 202 cm³/mol. The number of benzene rings is 3. The number of anilines is 4. The number of carbonyl (C=O) groups excluding carboxylic acids is 3. The average Bonchev–Trinajstić information content (AvgIpc) is 3.52. The minimum absolute atomic E-state index is 0.126. The summed E-state index contributed by atoms with van der Waals surface area (Å²) in [6.07, 6.45) is 5.24. The van der Waals surface area contributed by atoms with Gasteiger partial charge in [-0.25, -0.2) is 4.98 Å². The maximum atomic E-state index is 14.0. The molecule has 5 heterocycles. The van der Waals surface area contributed by atoms with Crippen LogP contribution in [0.15, 0.2) is 97.2 Å². The molecular formula is C41H39N5O4S.